The van der Waals surface area contributed by atoms with E-state index in [0.717, 1.165) is 30.6 Å². The molecule has 1 aliphatic rings. The van der Waals surface area contributed by atoms with Gasteiger partial charge in [-0.25, -0.2) is 4.98 Å². The highest BCUT2D eigenvalue weighted by Gasteiger charge is 2.16. The number of benzene rings is 1. The van der Waals surface area contributed by atoms with Crippen LogP contribution in [0.1, 0.15) is 19.3 Å². The molecule has 2 aromatic rings. The summed E-state index contributed by atoms with van der Waals surface area (Å²) in [5.74, 6) is 0. The zero-order valence-electron chi connectivity index (χ0n) is 11.7. The maximum Gasteiger partial charge on any atom is 0.295 e. The minimum absolute atomic E-state index is 0.0496. The van der Waals surface area contributed by atoms with Gasteiger partial charge in [0.15, 0.2) is 0 Å². The molecule has 2 N–H and O–H groups in total. The van der Waals surface area contributed by atoms with Crippen LogP contribution in [0.2, 0.25) is 0 Å². The molecule has 6 nitrogen and oxygen atoms in total. The summed E-state index contributed by atoms with van der Waals surface area (Å²) in [7, 11) is 0. The molecule has 21 heavy (non-hydrogen) atoms. The predicted octanol–water partition coefficient (Wildman–Crippen LogP) is 2.70. The summed E-state index contributed by atoms with van der Waals surface area (Å²) < 4.78 is 0. The highest BCUT2D eigenvalue weighted by Crippen LogP contribution is 2.29. The quantitative estimate of drug-likeness (QED) is 0.652. The number of pyridine rings is 1. The van der Waals surface area contributed by atoms with Gasteiger partial charge in [0, 0.05) is 35.9 Å². The second kappa shape index (κ2) is 6.05. The van der Waals surface area contributed by atoms with Gasteiger partial charge in [0.1, 0.15) is 5.52 Å². The molecule has 1 aromatic carbocycles. The third-order valence-electron chi connectivity index (χ3n) is 3.92. The number of rotatable bonds is 5. The van der Waals surface area contributed by atoms with Crippen LogP contribution in [0.15, 0.2) is 30.5 Å². The van der Waals surface area contributed by atoms with Crippen molar-refractivity contribution in [2.75, 3.05) is 18.4 Å². The molecule has 1 aliphatic heterocycles. The lowest BCUT2D eigenvalue weighted by Gasteiger charge is -2.13. The van der Waals surface area contributed by atoms with Crippen molar-refractivity contribution < 1.29 is 4.92 Å². The van der Waals surface area contributed by atoms with Gasteiger partial charge in [0.05, 0.1) is 4.92 Å². The Hall–Kier alpha value is -2.21. The van der Waals surface area contributed by atoms with Crippen LogP contribution in [0.3, 0.4) is 0 Å². The number of hydrogen-bond donors (Lipinski definition) is 2. The fourth-order valence-corrected chi connectivity index (χ4v) is 2.84. The van der Waals surface area contributed by atoms with Crippen molar-refractivity contribution in [2.45, 2.75) is 25.3 Å². The van der Waals surface area contributed by atoms with E-state index < -0.39 is 0 Å². The van der Waals surface area contributed by atoms with Crippen molar-refractivity contribution in [1.29, 1.82) is 0 Å². The summed E-state index contributed by atoms with van der Waals surface area (Å²) in [5.41, 5.74) is 1.39. The molecule has 1 saturated heterocycles. The summed E-state index contributed by atoms with van der Waals surface area (Å²) in [4.78, 5) is 14.8. The molecular weight excluding hydrogens is 268 g/mol. The van der Waals surface area contributed by atoms with E-state index in [4.69, 9.17) is 0 Å². The lowest BCUT2D eigenvalue weighted by molar-refractivity contribution is -0.383. The first-order chi connectivity index (χ1) is 10.3. The summed E-state index contributed by atoms with van der Waals surface area (Å²) in [6, 6.07) is 7.54. The van der Waals surface area contributed by atoms with Crippen LogP contribution in [0.4, 0.5) is 11.4 Å². The van der Waals surface area contributed by atoms with Crippen molar-refractivity contribution in [3.05, 3.63) is 40.6 Å². The SMILES string of the molecule is O=[N+]([O-])c1ccc(NCC[C@H]2CCCN2)c2cccnc12. The average molecular weight is 286 g/mol. The van der Waals surface area contributed by atoms with Gasteiger partial charge in [-0.05, 0) is 44.0 Å². The van der Waals surface area contributed by atoms with Crippen molar-refractivity contribution in [3.63, 3.8) is 0 Å². The van der Waals surface area contributed by atoms with Gasteiger partial charge in [-0.1, -0.05) is 0 Å². The molecule has 1 aromatic heterocycles. The Balaban J connectivity index is 1.79. The molecule has 0 bridgehead atoms. The molecule has 110 valence electrons. The summed E-state index contributed by atoms with van der Waals surface area (Å²) in [6.07, 6.45) is 5.11. The van der Waals surface area contributed by atoms with E-state index in [1.54, 1.807) is 18.3 Å². The van der Waals surface area contributed by atoms with Crippen molar-refractivity contribution in [2.24, 2.45) is 0 Å². The Morgan fingerprint density at radius 3 is 3.10 bits per heavy atom. The van der Waals surface area contributed by atoms with Gasteiger partial charge in [-0.2, -0.15) is 0 Å². The van der Waals surface area contributed by atoms with Crippen LogP contribution in [-0.2, 0) is 0 Å². The summed E-state index contributed by atoms with van der Waals surface area (Å²) in [5, 5.41) is 18.7. The van der Waals surface area contributed by atoms with E-state index >= 15 is 0 Å². The third kappa shape index (κ3) is 2.95. The van der Waals surface area contributed by atoms with Gasteiger partial charge in [0.25, 0.3) is 5.69 Å². The van der Waals surface area contributed by atoms with E-state index in [1.807, 2.05) is 6.07 Å². The van der Waals surface area contributed by atoms with E-state index in [9.17, 15) is 10.1 Å². The van der Waals surface area contributed by atoms with Gasteiger partial charge in [-0.15, -0.1) is 0 Å². The topological polar surface area (TPSA) is 80.1 Å². The molecule has 1 atom stereocenters. The van der Waals surface area contributed by atoms with E-state index in [1.165, 1.54) is 18.9 Å². The minimum atomic E-state index is -0.387. The van der Waals surface area contributed by atoms with Gasteiger partial charge in [0.2, 0.25) is 0 Å². The Bertz CT molecular complexity index is 653. The molecule has 0 radical (unpaired) electrons. The van der Waals surface area contributed by atoms with Crippen LogP contribution >= 0.6 is 0 Å². The van der Waals surface area contributed by atoms with E-state index in [-0.39, 0.29) is 10.6 Å². The first-order valence-electron chi connectivity index (χ1n) is 7.25. The number of non-ortho nitro benzene ring substituents is 1. The van der Waals surface area contributed by atoms with Crippen LogP contribution in [0.5, 0.6) is 0 Å². The number of aromatic nitrogens is 1. The zero-order valence-corrected chi connectivity index (χ0v) is 11.7. The Morgan fingerprint density at radius 1 is 1.43 bits per heavy atom. The molecule has 0 unspecified atom stereocenters. The van der Waals surface area contributed by atoms with Crippen LogP contribution in [-0.4, -0.2) is 29.0 Å². The van der Waals surface area contributed by atoms with Gasteiger partial charge >= 0.3 is 0 Å². The van der Waals surface area contributed by atoms with Crippen molar-refractivity contribution in [1.82, 2.24) is 10.3 Å². The predicted molar refractivity (Wildman–Crippen MR) is 82.5 cm³/mol. The standard InChI is InChI=1S/C15H18N4O2/c20-19(21)14-6-5-13(12-4-2-9-18-15(12)14)17-10-7-11-3-1-8-16-11/h2,4-6,9,11,16-17H,1,3,7-8,10H2/t11-/m1/s1. The number of fused-ring (bicyclic) bond motifs is 1. The first kappa shape index (κ1) is 13.8. The van der Waals surface area contributed by atoms with E-state index in [0.29, 0.717) is 11.6 Å². The molecular formula is C15H18N4O2. The number of nitrogens with one attached hydrogen (secondary N) is 2. The van der Waals surface area contributed by atoms with Crippen LogP contribution < -0.4 is 10.6 Å². The Morgan fingerprint density at radius 2 is 2.33 bits per heavy atom. The highest BCUT2D eigenvalue weighted by molar-refractivity contribution is 5.96. The molecule has 6 heteroatoms. The van der Waals surface area contributed by atoms with Crippen LogP contribution in [0.25, 0.3) is 10.9 Å². The largest absolute Gasteiger partial charge is 0.384 e. The number of nitro groups is 1. The first-order valence-corrected chi connectivity index (χ1v) is 7.25. The normalized spacial score (nSPS) is 18.0. The molecule has 0 saturated carbocycles. The molecule has 0 amide bonds. The number of nitrogens with zero attached hydrogens (tertiary/aromatic N) is 2. The maximum atomic E-state index is 11.1. The van der Waals surface area contributed by atoms with Crippen molar-refractivity contribution in [3.8, 4) is 0 Å². The fraction of sp³-hybridized carbons (Fsp3) is 0.400. The average Bonchev–Trinajstić information content (AvgIpc) is 3.00. The van der Waals surface area contributed by atoms with Gasteiger partial charge in [-0.3, -0.25) is 10.1 Å². The minimum Gasteiger partial charge on any atom is -0.384 e. The second-order valence-electron chi connectivity index (χ2n) is 5.30. The van der Waals surface area contributed by atoms with E-state index in [2.05, 4.69) is 15.6 Å². The molecule has 2 heterocycles. The van der Waals surface area contributed by atoms with Crippen molar-refractivity contribution >= 4 is 22.3 Å². The fourth-order valence-electron chi connectivity index (χ4n) is 2.84. The number of anilines is 1. The maximum absolute atomic E-state index is 11.1. The lowest BCUT2D eigenvalue weighted by Crippen LogP contribution is -2.24. The third-order valence-corrected chi connectivity index (χ3v) is 3.92. The molecule has 0 spiro atoms. The number of hydrogen-bond acceptors (Lipinski definition) is 5. The Kier molecular flexibility index (Phi) is 3.96. The smallest absolute Gasteiger partial charge is 0.295 e. The summed E-state index contributed by atoms with van der Waals surface area (Å²) in [6.45, 7) is 1.95. The molecule has 0 aliphatic carbocycles. The monoisotopic (exact) mass is 286 g/mol. The second-order valence-corrected chi connectivity index (χ2v) is 5.30. The molecule has 3 rings (SSSR count). The number of nitro benzene ring substituents is 1. The molecule has 1 fully saturated rings. The Labute approximate surface area is 122 Å². The van der Waals surface area contributed by atoms with Gasteiger partial charge < -0.3 is 10.6 Å². The highest BCUT2D eigenvalue weighted by atomic mass is 16.6. The lowest BCUT2D eigenvalue weighted by atomic mass is 10.1. The summed E-state index contributed by atoms with van der Waals surface area (Å²) >= 11 is 0. The zero-order chi connectivity index (χ0) is 14.7. The van der Waals surface area contributed by atoms with Crippen LogP contribution in [0, 0.1) is 10.1 Å².